The maximum absolute atomic E-state index is 12.6. The third-order valence-corrected chi connectivity index (χ3v) is 4.94. The van der Waals surface area contributed by atoms with Crippen molar-refractivity contribution in [2.45, 2.75) is 38.5 Å². The summed E-state index contributed by atoms with van der Waals surface area (Å²) in [6.45, 7) is 1.79. The third kappa shape index (κ3) is 5.85. The second kappa shape index (κ2) is 10.3. The van der Waals surface area contributed by atoms with Crippen LogP contribution in [-0.2, 0) is 27.4 Å². The van der Waals surface area contributed by atoms with E-state index in [0.29, 0.717) is 0 Å². The van der Waals surface area contributed by atoms with E-state index in [1.807, 2.05) is 54.6 Å². The molecule has 162 valence electrons. The number of H-pyrrole nitrogens is 1. The van der Waals surface area contributed by atoms with Crippen LogP contribution >= 0.6 is 0 Å². The molecule has 31 heavy (non-hydrogen) atoms. The van der Waals surface area contributed by atoms with Crippen molar-refractivity contribution < 1.29 is 24.2 Å². The number of carbonyl (C=O) groups is 3. The van der Waals surface area contributed by atoms with Gasteiger partial charge in [0.1, 0.15) is 18.7 Å². The van der Waals surface area contributed by atoms with Gasteiger partial charge in [-0.25, -0.2) is 9.59 Å². The van der Waals surface area contributed by atoms with Crippen LogP contribution < -0.4 is 10.6 Å². The largest absolute Gasteiger partial charge is 0.480 e. The molecule has 1 aromatic heterocycles. The van der Waals surface area contributed by atoms with Gasteiger partial charge in [-0.1, -0.05) is 55.5 Å². The molecule has 3 aromatic rings. The van der Waals surface area contributed by atoms with E-state index < -0.39 is 30.1 Å². The molecule has 3 rings (SSSR count). The van der Waals surface area contributed by atoms with Crippen LogP contribution in [0.15, 0.2) is 60.8 Å². The van der Waals surface area contributed by atoms with Crippen molar-refractivity contribution in [3.8, 4) is 0 Å². The van der Waals surface area contributed by atoms with E-state index in [2.05, 4.69) is 15.6 Å². The van der Waals surface area contributed by atoms with Crippen LogP contribution in [0.1, 0.15) is 24.5 Å². The number of hydrogen-bond acceptors (Lipinski definition) is 4. The molecule has 4 N–H and O–H groups in total. The number of amides is 2. The van der Waals surface area contributed by atoms with Crippen LogP contribution in [0.3, 0.4) is 0 Å². The van der Waals surface area contributed by atoms with Gasteiger partial charge in [0.15, 0.2) is 0 Å². The number of fused-ring (bicyclic) bond motifs is 1. The van der Waals surface area contributed by atoms with Crippen molar-refractivity contribution in [3.05, 3.63) is 71.9 Å². The molecule has 1 heterocycles. The van der Waals surface area contributed by atoms with Crippen molar-refractivity contribution >= 4 is 28.9 Å². The van der Waals surface area contributed by atoms with Crippen LogP contribution in [0, 0.1) is 0 Å². The number of aromatic amines is 1. The van der Waals surface area contributed by atoms with E-state index in [9.17, 15) is 19.5 Å². The van der Waals surface area contributed by atoms with E-state index in [1.165, 1.54) is 0 Å². The first kappa shape index (κ1) is 21.9. The Bertz CT molecular complexity index is 1050. The van der Waals surface area contributed by atoms with Gasteiger partial charge in [-0.15, -0.1) is 0 Å². The van der Waals surface area contributed by atoms with E-state index in [-0.39, 0.29) is 19.4 Å². The Kier molecular flexibility index (Phi) is 7.26. The molecule has 2 atom stereocenters. The number of benzene rings is 2. The number of carboxylic acids is 1. The number of para-hydroxylation sites is 1. The molecule has 0 saturated carbocycles. The highest BCUT2D eigenvalue weighted by Crippen LogP contribution is 2.19. The molecule has 8 heteroatoms. The van der Waals surface area contributed by atoms with Crippen molar-refractivity contribution in [2.75, 3.05) is 0 Å². The van der Waals surface area contributed by atoms with E-state index >= 15 is 0 Å². The predicted octanol–water partition coefficient (Wildman–Crippen LogP) is 2.98. The molecule has 0 aliphatic carbocycles. The van der Waals surface area contributed by atoms with Gasteiger partial charge in [0.25, 0.3) is 0 Å². The topological polar surface area (TPSA) is 121 Å². The fourth-order valence-corrected chi connectivity index (χ4v) is 3.25. The molecule has 0 aliphatic heterocycles. The van der Waals surface area contributed by atoms with Crippen LogP contribution in [0.4, 0.5) is 4.79 Å². The summed E-state index contributed by atoms with van der Waals surface area (Å²) in [5.74, 6) is -1.73. The van der Waals surface area contributed by atoms with Crippen LogP contribution in [0.25, 0.3) is 10.9 Å². The highest BCUT2D eigenvalue weighted by Gasteiger charge is 2.26. The first-order valence-electron chi connectivity index (χ1n) is 10.0. The minimum Gasteiger partial charge on any atom is -0.480 e. The number of carboxylic acid groups (broad SMARTS) is 1. The molecule has 2 aromatic carbocycles. The lowest BCUT2D eigenvalue weighted by atomic mass is 10.0. The number of aromatic nitrogens is 1. The van der Waals surface area contributed by atoms with Gasteiger partial charge in [-0.3, -0.25) is 4.79 Å². The van der Waals surface area contributed by atoms with Crippen LogP contribution in [0.5, 0.6) is 0 Å². The van der Waals surface area contributed by atoms with Crippen LogP contribution in [0.2, 0.25) is 0 Å². The summed E-state index contributed by atoms with van der Waals surface area (Å²) in [7, 11) is 0. The minimum atomic E-state index is -1.15. The minimum absolute atomic E-state index is 0.0725. The lowest BCUT2D eigenvalue weighted by Crippen LogP contribution is -2.52. The Morgan fingerprint density at radius 1 is 1.00 bits per heavy atom. The van der Waals surface area contributed by atoms with Gasteiger partial charge in [0.2, 0.25) is 5.91 Å². The monoisotopic (exact) mass is 423 g/mol. The van der Waals surface area contributed by atoms with Gasteiger partial charge in [0, 0.05) is 23.5 Å². The van der Waals surface area contributed by atoms with Gasteiger partial charge in [0.05, 0.1) is 0 Å². The molecule has 1 unspecified atom stereocenters. The molecule has 0 fully saturated rings. The standard InChI is InChI=1S/C23H25N3O5/c1-2-18(26-23(30)31-14-15-8-4-3-5-9-15)21(27)25-20(22(28)29)12-16-13-24-19-11-7-6-10-17(16)19/h3-11,13,18,20,24H,2,12,14H2,1H3,(H,25,27)(H,26,30)(H,28,29)/t18?,20-/m0/s1. The van der Waals surface area contributed by atoms with Gasteiger partial charge >= 0.3 is 12.1 Å². The number of carbonyl (C=O) groups excluding carboxylic acids is 2. The Morgan fingerprint density at radius 3 is 2.42 bits per heavy atom. The fourth-order valence-electron chi connectivity index (χ4n) is 3.25. The zero-order valence-electron chi connectivity index (χ0n) is 17.1. The number of hydrogen-bond donors (Lipinski definition) is 4. The molecule has 0 aliphatic rings. The average molecular weight is 423 g/mol. The Hall–Kier alpha value is -3.81. The molecule has 0 radical (unpaired) electrons. The first-order valence-corrected chi connectivity index (χ1v) is 10.0. The Balaban J connectivity index is 1.59. The molecular weight excluding hydrogens is 398 g/mol. The van der Waals surface area contributed by atoms with Gasteiger partial charge in [-0.2, -0.15) is 0 Å². The average Bonchev–Trinajstić information content (AvgIpc) is 3.19. The van der Waals surface area contributed by atoms with E-state index in [0.717, 1.165) is 22.0 Å². The van der Waals surface area contributed by atoms with E-state index in [4.69, 9.17) is 4.74 Å². The summed E-state index contributed by atoms with van der Waals surface area (Å²) in [5, 5.41) is 15.5. The summed E-state index contributed by atoms with van der Waals surface area (Å²) in [4.78, 5) is 39.6. The van der Waals surface area contributed by atoms with Gasteiger partial charge in [-0.05, 0) is 23.6 Å². The molecule has 2 amide bonds. The summed E-state index contributed by atoms with van der Waals surface area (Å²) < 4.78 is 5.15. The van der Waals surface area contributed by atoms with Gasteiger partial charge < -0.3 is 25.5 Å². The predicted molar refractivity (Wildman–Crippen MR) is 115 cm³/mol. The summed E-state index contributed by atoms with van der Waals surface area (Å²) >= 11 is 0. The summed E-state index contributed by atoms with van der Waals surface area (Å²) in [6, 6.07) is 14.6. The highest BCUT2D eigenvalue weighted by molar-refractivity contribution is 5.90. The molecule has 0 spiro atoms. The highest BCUT2D eigenvalue weighted by atomic mass is 16.5. The maximum Gasteiger partial charge on any atom is 0.408 e. The first-order chi connectivity index (χ1) is 15.0. The molecule has 0 bridgehead atoms. The molecule has 0 saturated heterocycles. The number of aliphatic carboxylic acids is 1. The second-order valence-corrected chi connectivity index (χ2v) is 7.13. The SMILES string of the molecule is CCC(NC(=O)OCc1ccccc1)C(=O)N[C@@H](Cc1c[nH]c2ccccc12)C(=O)O. The van der Waals surface area contributed by atoms with Crippen molar-refractivity contribution in [1.29, 1.82) is 0 Å². The Labute approximate surface area is 179 Å². The maximum atomic E-state index is 12.6. The number of ether oxygens (including phenoxy) is 1. The fraction of sp³-hybridized carbons (Fsp3) is 0.261. The third-order valence-electron chi connectivity index (χ3n) is 4.94. The second-order valence-electron chi connectivity index (χ2n) is 7.13. The zero-order chi connectivity index (χ0) is 22.2. The summed E-state index contributed by atoms with van der Waals surface area (Å²) in [5.41, 5.74) is 2.49. The quantitative estimate of drug-likeness (QED) is 0.422. The number of nitrogens with one attached hydrogen (secondary N) is 3. The number of alkyl carbamates (subject to hydrolysis) is 1. The smallest absolute Gasteiger partial charge is 0.408 e. The molecular formula is C23H25N3O5. The van der Waals surface area contributed by atoms with Crippen molar-refractivity contribution in [2.24, 2.45) is 0 Å². The summed E-state index contributed by atoms with van der Waals surface area (Å²) in [6.07, 6.45) is 1.39. The van der Waals surface area contributed by atoms with E-state index in [1.54, 1.807) is 13.1 Å². The zero-order valence-corrected chi connectivity index (χ0v) is 17.1. The lowest BCUT2D eigenvalue weighted by molar-refractivity contribution is -0.142. The number of rotatable bonds is 9. The molecule has 8 nitrogen and oxygen atoms in total. The van der Waals surface area contributed by atoms with Crippen molar-refractivity contribution in [3.63, 3.8) is 0 Å². The van der Waals surface area contributed by atoms with Crippen LogP contribution in [-0.4, -0.2) is 40.1 Å². The van der Waals surface area contributed by atoms with Crippen molar-refractivity contribution in [1.82, 2.24) is 15.6 Å². The normalized spacial score (nSPS) is 12.7. The lowest BCUT2D eigenvalue weighted by Gasteiger charge is -2.20. The Morgan fingerprint density at radius 2 is 1.71 bits per heavy atom.